The van der Waals surface area contributed by atoms with Crippen molar-refractivity contribution in [3.8, 4) is 0 Å². The van der Waals surface area contributed by atoms with Crippen LogP contribution in [0.5, 0.6) is 0 Å². The summed E-state index contributed by atoms with van der Waals surface area (Å²) in [6.45, 7) is 0. The van der Waals surface area contributed by atoms with Gasteiger partial charge in [0.25, 0.3) is 0 Å². The summed E-state index contributed by atoms with van der Waals surface area (Å²) >= 11 is 0. The van der Waals surface area contributed by atoms with Gasteiger partial charge in [-0.3, -0.25) is 9.59 Å². The lowest BCUT2D eigenvalue weighted by molar-refractivity contribution is -0.124. The van der Waals surface area contributed by atoms with Crippen molar-refractivity contribution >= 4 is 23.2 Å². The van der Waals surface area contributed by atoms with Crippen molar-refractivity contribution in [1.82, 2.24) is 0 Å². The molecule has 1 aliphatic carbocycles. The first-order valence-electron chi connectivity index (χ1n) is 7.49. The number of nitrogens with zero attached hydrogens (tertiary/aromatic N) is 1. The number of hydrogen-bond donors (Lipinski definition) is 2. The normalized spacial score (nSPS) is 17.6. The number of alkyl halides is 2. The lowest BCUT2D eigenvalue weighted by Gasteiger charge is -2.28. The van der Waals surface area contributed by atoms with Crippen LogP contribution in [0, 0.1) is 5.92 Å². The molecule has 0 bridgehead atoms. The van der Waals surface area contributed by atoms with Crippen molar-refractivity contribution in [2.24, 2.45) is 11.7 Å². The molecule has 1 aromatic rings. The molecule has 0 atom stereocenters. The molecule has 23 heavy (non-hydrogen) atoms. The summed E-state index contributed by atoms with van der Waals surface area (Å²) in [5.41, 5.74) is 6.71. The van der Waals surface area contributed by atoms with E-state index < -0.39 is 17.7 Å². The van der Waals surface area contributed by atoms with E-state index in [2.05, 4.69) is 5.32 Å². The van der Waals surface area contributed by atoms with E-state index in [4.69, 9.17) is 5.73 Å². The van der Waals surface area contributed by atoms with Crippen LogP contribution in [0.2, 0.25) is 0 Å². The molecule has 1 saturated carbocycles. The zero-order chi connectivity index (χ0) is 17.2. The number of halogens is 2. The Hall–Kier alpha value is -2.18. The van der Waals surface area contributed by atoms with Gasteiger partial charge in [-0.1, -0.05) is 0 Å². The number of carbonyl (C=O) groups is 2. The first kappa shape index (κ1) is 17.2. The Kier molecular flexibility index (Phi) is 4.87. The molecule has 0 aromatic heterocycles. The Bertz CT molecular complexity index is 607. The fourth-order valence-electron chi connectivity index (χ4n) is 2.72. The lowest BCUT2D eigenvalue weighted by atomic mass is 9.86. The third-order valence-electron chi connectivity index (χ3n) is 4.11. The minimum atomic E-state index is -2.67. The molecular formula is C16H21F2N3O2. The number of anilines is 2. The molecule has 3 N–H and O–H groups in total. The van der Waals surface area contributed by atoms with Crippen molar-refractivity contribution in [3.05, 3.63) is 23.8 Å². The van der Waals surface area contributed by atoms with Crippen LogP contribution >= 0.6 is 0 Å². The van der Waals surface area contributed by atoms with Crippen molar-refractivity contribution in [2.45, 2.75) is 31.6 Å². The Morgan fingerprint density at radius 1 is 1.26 bits per heavy atom. The maximum atomic E-state index is 13.2. The molecule has 0 radical (unpaired) electrons. The van der Waals surface area contributed by atoms with E-state index >= 15 is 0 Å². The van der Waals surface area contributed by atoms with Gasteiger partial charge in [-0.2, -0.15) is 0 Å². The first-order valence-corrected chi connectivity index (χ1v) is 7.49. The van der Waals surface area contributed by atoms with Gasteiger partial charge < -0.3 is 16.0 Å². The highest BCUT2D eigenvalue weighted by molar-refractivity contribution is 6.00. The van der Waals surface area contributed by atoms with Crippen LogP contribution in [0.4, 0.5) is 20.2 Å². The lowest BCUT2D eigenvalue weighted by Crippen LogP contribution is -2.32. The summed E-state index contributed by atoms with van der Waals surface area (Å²) in [7, 11) is 3.60. The van der Waals surface area contributed by atoms with E-state index in [0.717, 1.165) is 0 Å². The van der Waals surface area contributed by atoms with Gasteiger partial charge in [0, 0.05) is 38.4 Å². The van der Waals surface area contributed by atoms with Gasteiger partial charge in [0.05, 0.1) is 11.4 Å². The molecule has 2 rings (SSSR count). The third kappa shape index (κ3) is 4.18. The molecule has 1 fully saturated rings. The summed E-state index contributed by atoms with van der Waals surface area (Å²) in [6.07, 6.45) is -0.225. The number of hydrogen-bond acceptors (Lipinski definition) is 3. The van der Waals surface area contributed by atoms with E-state index in [-0.39, 0.29) is 37.2 Å². The largest absolute Gasteiger partial charge is 0.376 e. The number of nitrogens with two attached hydrogens (primary N) is 1. The SMILES string of the molecule is CN(C)c1ccc(C(N)=O)cc1NC(=O)C1CCC(F)(F)CC1. The van der Waals surface area contributed by atoms with E-state index in [1.807, 2.05) is 0 Å². The monoisotopic (exact) mass is 325 g/mol. The van der Waals surface area contributed by atoms with Gasteiger partial charge in [0.2, 0.25) is 17.7 Å². The molecule has 5 nitrogen and oxygen atoms in total. The number of rotatable bonds is 4. The Morgan fingerprint density at radius 2 is 1.87 bits per heavy atom. The predicted octanol–water partition coefficient (Wildman–Crippen LogP) is 2.62. The maximum Gasteiger partial charge on any atom is 0.248 e. The molecule has 126 valence electrons. The second-order valence-corrected chi connectivity index (χ2v) is 6.11. The highest BCUT2D eigenvalue weighted by Crippen LogP contribution is 2.37. The van der Waals surface area contributed by atoms with Crippen molar-refractivity contribution < 1.29 is 18.4 Å². The smallest absolute Gasteiger partial charge is 0.248 e. The van der Waals surface area contributed by atoms with Crippen molar-refractivity contribution in [3.63, 3.8) is 0 Å². The fourth-order valence-corrected chi connectivity index (χ4v) is 2.72. The standard InChI is InChI=1S/C16H21F2N3O2/c1-21(2)13-4-3-11(14(19)22)9-12(13)20-15(23)10-5-7-16(17,18)8-6-10/h3-4,9-10H,5-8H2,1-2H3,(H2,19,22)(H,20,23). The van der Waals surface area contributed by atoms with Crippen LogP contribution in [0.3, 0.4) is 0 Å². The van der Waals surface area contributed by atoms with Gasteiger partial charge in [0.1, 0.15) is 0 Å². The zero-order valence-electron chi connectivity index (χ0n) is 13.2. The molecule has 0 saturated heterocycles. The molecule has 1 aromatic carbocycles. The average Bonchev–Trinajstić information content (AvgIpc) is 2.46. The van der Waals surface area contributed by atoms with Crippen LogP contribution in [-0.4, -0.2) is 31.8 Å². The van der Waals surface area contributed by atoms with Gasteiger partial charge in [-0.15, -0.1) is 0 Å². The molecule has 0 spiro atoms. The Balaban J connectivity index is 2.16. The summed E-state index contributed by atoms with van der Waals surface area (Å²) in [6, 6.07) is 4.77. The van der Waals surface area contributed by atoms with Gasteiger partial charge >= 0.3 is 0 Å². The second-order valence-electron chi connectivity index (χ2n) is 6.11. The fraction of sp³-hybridized carbons (Fsp3) is 0.500. The van der Waals surface area contributed by atoms with Crippen molar-refractivity contribution in [1.29, 1.82) is 0 Å². The van der Waals surface area contributed by atoms with Crippen LogP contribution in [0.15, 0.2) is 18.2 Å². The quantitative estimate of drug-likeness (QED) is 0.893. The number of primary amides is 1. The molecule has 1 aliphatic rings. The predicted molar refractivity (Wildman–Crippen MR) is 84.8 cm³/mol. The van der Waals surface area contributed by atoms with Crippen LogP contribution in [0.1, 0.15) is 36.0 Å². The van der Waals surface area contributed by atoms with Crippen molar-refractivity contribution in [2.75, 3.05) is 24.3 Å². The number of amides is 2. The first-order chi connectivity index (χ1) is 10.7. The van der Waals surface area contributed by atoms with Crippen LogP contribution in [-0.2, 0) is 4.79 Å². The summed E-state index contributed by atoms with van der Waals surface area (Å²) < 4.78 is 26.4. The summed E-state index contributed by atoms with van der Waals surface area (Å²) in [5, 5.41) is 2.75. The minimum Gasteiger partial charge on any atom is -0.376 e. The topological polar surface area (TPSA) is 75.4 Å². The average molecular weight is 325 g/mol. The molecular weight excluding hydrogens is 304 g/mol. The summed E-state index contributed by atoms with van der Waals surface area (Å²) in [4.78, 5) is 25.4. The van der Waals surface area contributed by atoms with Gasteiger partial charge in [-0.25, -0.2) is 8.78 Å². The van der Waals surface area contributed by atoms with Gasteiger partial charge in [-0.05, 0) is 31.0 Å². The Morgan fingerprint density at radius 3 is 2.39 bits per heavy atom. The number of nitrogens with one attached hydrogen (secondary N) is 1. The van der Waals surface area contributed by atoms with E-state index in [0.29, 0.717) is 11.4 Å². The maximum absolute atomic E-state index is 13.2. The Labute approximate surface area is 133 Å². The zero-order valence-corrected chi connectivity index (χ0v) is 13.2. The summed E-state index contributed by atoms with van der Waals surface area (Å²) in [5.74, 6) is -4.01. The van der Waals surface area contributed by atoms with E-state index in [9.17, 15) is 18.4 Å². The molecule has 0 unspecified atom stereocenters. The van der Waals surface area contributed by atoms with E-state index in [1.54, 1.807) is 31.1 Å². The van der Waals surface area contributed by atoms with Crippen LogP contribution < -0.4 is 16.0 Å². The minimum absolute atomic E-state index is 0.158. The number of carbonyl (C=O) groups excluding carboxylic acids is 2. The van der Waals surface area contributed by atoms with Crippen LogP contribution in [0.25, 0.3) is 0 Å². The van der Waals surface area contributed by atoms with E-state index in [1.165, 1.54) is 6.07 Å². The highest BCUT2D eigenvalue weighted by Gasteiger charge is 2.37. The second kappa shape index (κ2) is 6.52. The highest BCUT2D eigenvalue weighted by atomic mass is 19.3. The molecule has 0 heterocycles. The molecule has 2 amide bonds. The number of benzene rings is 1. The third-order valence-corrected chi connectivity index (χ3v) is 4.11. The molecule has 0 aliphatic heterocycles. The molecule has 7 heteroatoms. The van der Waals surface area contributed by atoms with Gasteiger partial charge in [0.15, 0.2) is 0 Å².